The van der Waals surface area contributed by atoms with Crippen molar-refractivity contribution in [1.82, 2.24) is 0 Å². The summed E-state index contributed by atoms with van der Waals surface area (Å²) in [4.78, 5) is 12.5. The Morgan fingerprint density at radius 2 is 1.75 bits per heavy atom. The smallest absolute Gasteiger partial charge is 0.265 e. The summed E-state index contributed by atoms with van der Waals surface area (Å²) in [5, 5.41) is 2.91. The molecule has 4 heteroatoms. The highest BCUT2D eigenvalue weighted by molar-refractivity contribution is 9.10. The van der Waals surface area contributed by atoms with E-state index in [1.54, 1.807) is 0 Å². The molecule has 1 amide bonds. The average Bonchev–Trinajstić information content (AvgIpc) is 2.54. The van der Waals surface area contributed by atoms with Crippen molar-refractivity contribution in [2.75, 3.05) is 5.32 Å². The van der Waals surface area contributed by atoms with Gasteiger partial charge in [-0.2, -0.15) is 0 Å². The topological polar surface area (TPSA) is 38.3 Å². The minimum atomic E-state index is -0.530. The molecule has 0 saturated heterocycles. The van der Waals surface area contributed by atoms with Gasteiger partial charge in [0.05, 0.1) is 5.69 Å². The number of hydrogen-bond donors (Lipinski definition) is 1. The number of ether oxygens (including phenoxy) is 1. The first kappa shape index (κ1) is 18.5. The summed E-state index contributed by atoms with van der Waals surface area (Å²) in [6.07, 6.45) is 0.0645. The monoisotopic (exact) mass is 389 g/mol. The van der Waals surface area contributed by atoms with Crippen LogP contribution in [-0.4, -0.2) is 12.0 Å². The van der Waals surface area contributed by atoms with E-state index >= 15 is 0 Å². The van der Waals surface area contributed by atoms with E-state index < -0.39 is 6.10 Å². The second kappa shape index (κ2) is 7.84. The molecule has 0 fully saturated rings. The lowest BCUT2D eigenvalue weighted by atomic mass is 9.87. The molecule has 0 spiro atoms. The highest BCUT2D eigenvalue weighted by atomic mass is 79.9. The molecule has 0 saturated carbocycles. The third kappa shape index (κ3) is 4.84. The predicted octanol–water partition coefficient (Wildman–Crippen LogP) is 5.54. The second-order valence-corrected chi connectivity index (χ2v) is 7.61. The molecule has 0 aromatic heterocycles. The Hall–Kier alpha value is -1.81. The number of rotatable bonds is 5. The van der Waals surface area contributed by atoms with Gasteiger partial charge in [0.15, 0.2) is 6.10 Å². The van der Waals surface area contributed by atoms with E-state index in [1.807, 2.05) is 55.5 Å². The van der Waals surface area contributed by atoms with Crippen molar-refractivity contribution in [3.8, 4) is 5.75 Å². The average molecular weight is 390 g/mol. The van der Waals surface area contributed by atoms with Crippen molar-refractivity contribution in [1.29, 1.82) is 0 Å². The van der Waals surface area contributed by atoms with Crippen LogP contribution in [0.5, 0.6) is 5.75 Å². The maximum Gasteiger partial charge on any atom is 0.265 e. The maximum absolute atomic E-state index is 12.5. The highest BCUT2D eigenvalue weighted by Crippen LogP contribution is 2.25. The van der Waals surface area contributed by atoms with Crippen LogP contribution in [0.25, 0.3) is 0 Å². The molecular formula is C20H24BrNO2. The third-order valence-electron chi connectivity index (χ3n) is 3.79. The molecule has 0 radical (unpaired) electrons. The van der Waals surface area contributed by atoms with Crippen LogP contribution in [0, 0.1) is 0 Å². The molecule has 1 atom stereocenters. The molecule has 128 valence electrons. The molecule has 1 N–H and O–H groups in total. The summed E-state index contributed by atoms with van der Waals surface area (Å²) >= 11 is 3.43. The summed E-state index contributed by atoms with van der Waals surface area (Å²) in [5.74, 6) is 0.557. The molecule has 24 heavy (non-hydrogen) atoms. The van der Waals surface area contributed by atoms with E-state index in [-0.39, 0.29) is 11.3 Å². The number of amides is 1. The van der Waals surface area contributed by atoms with Crippen LogP contribution in [0.2, 0.25) is 0 Å². The summed E-state index contributed by atoms with van der Waals surface area (Å²) in [7, 11) is 0. The number of para-hydroxylation sites is 1. The molecule has 2 aromatic carbocycles. The van der Waals surface area contributed by atoms with Crippen molar-refractivity contribution >= 4 is 27.5 Å². The molecule has 0 aliphatic rings. The molecular weight excluding hydrogens is 366 g/mol. The first-order valence-corrected chi connectivity index (χ1v) is 8.93. The van der Waals surface area contributed by atoms with Crippen molar-refractivity contribution in [3.63, 3.8) is 0 Å². The first-order chi connectivity index (χ1) is 11.3. The van der Waals surface area contributed by atoms with E-state index in [2.05, 4.69) is 42.0 Å². The minimum absolute atomic E-state index is 0.0969. The van der Waals surface area contributed by atoms with Crippen LogP contribution in [0.3, 0.4) is 0 Å². The number of halogens is 1. The molecule has 0 bridgehead atoms. The van der Waals surface area contributed by atoms with Gasteiger partial charge in [0, 0.05) is 4.47 Å². The number of anilines is 1. The fraction of sp³-hybridized carbons (Fsp3) is 0.350. The zero-order valence-corrected chi connectivity index (χ0v) is 16.2. The Bertz CT molecular complexity index is 690. The van der Waals surface area contributed by atoms with Crippen molar-refractivity contribution < 1.29 is 9.53 Å². The number of carbonyl (C=O) groups is 1. The van der Waals surface area contributed by atoms with Gasteiger partial charge in [0.25, 0.3) is 5.91 Å². The fourth-order valence-electron chi connectivity index (χ4n) is 2.30. The van der Waals surface area contributed by atoms with Gasteiger partial charge < -0.3 is 10.1 Å². The van der Waals surface area contributed by atoms with Gasteiger partial charge in [-0.25, -0.2) is 0 Å². The fourth-order valence-corrected chi connectivity index (χ4v) is 2.68. The zero-order valence-electron chi connectivity index (χ0n) is 14.6. The van der Waals surface area contributed by atoms with Gasteiger partial charge in [-0.3, -0.25) is 4.79 Å². The van der Waals surface area contributed by atoms with E-state index in [0.29, 0.717) is 12.2 Å². The molecule has 0 unspecified atom stereocenters. The van der Waals surface area contributed by atoms with Gasteiger partial charge >= 0.3 is 0 Å². The summed E-state index contributed by atoms with van der Waals surface area (Å²) in [6.45, 7) is 8.45. The van der Waals surface area contributed by atoms with Crippen LogP contribution in [0.4, 0.5) is 5.69 Å². The number of carbonyl (C=O) groups excluding carboxylic acids is 1. The maximum atomic E-state index is 12.5. The van der Waals surface area contributed by atoms with Crippen LogP contribution in [0.15, 0.2) is 53.0 Å². The molecule has 2 rings (SSSR count). The van der Waals surface area contributed by atoms with E-state index in [9.17, 15) is 4.79 Å². The summed E-state index contributed by atoms with van der Waals surface area (Å²) in [6, 6.07) is 15.5. The Balaban J connectivity index is 2.06. The SMILES string of the molecule is CC[C@H](Oc1ccc(C(C)(C)C)cc1)C(=O)Nc1ccccc1Br. The lowest BCUT2D eigenvalue weighted by Gasteiger charge is -2.21. The number of benzene rings is 2. The zero-order chi connectivity index (χ0) is 17.7. The van der Waals surface area contributed by atoms with Gasteiger partial charge in [-0.15, -0.1) is 0 Å². The van der Waals surface area contributed by atoms with Crippen molar-refractivity contribution in [3.05, 3.63) is 58.6 Å². The largest absolute Gasteiger partial charge is 0.481 e. The molecule has 0 aliphatic carbocycles. The number of hydrogen-bond acceptors (Lipinski definition) is 2. The van der Waals surface area contributed by atoms with E-state index in [4.69, 9.17) is 4.74 Å². The van der Waals surface area contributed by atoms with Gasteiger partial charge in [-0.05, 0) is 57.6 Å². The Morgan fingerprint density at radius 3 is 2.29 bits per heavy atom. The Labute approximate surface area is 152 Å². The first-order valence-electron chi connectivity index (χ1n) is 8.14. The summed E-state index contributed by atoms with van der Waals surface area (Å²) < 4.78 is 6.73. The predicted molar refractivity (Wildman–Crippen MR) is 103 cm³/mol. The van der Waals surface area contributed by atoms with E-state index in [1.165, 1.54) is 5.56 Å². The van der Waals surface area contributed by atoms with Crippen LogP contribution in [-0.2, 0) is 10.2 Å². The normalized spacial score (nSPS) is 12.5. The minimum Gasteiger partial charge on any atom is -0.481 e. The lowest BCUT2D eigenvalue weighted by molar-refractivity contribution is -0.122. The molecule has 0 aliphatic heterocycles. The van der Waals surface area contributed by atoms with Crippen LogP contribution < -0.4 is 10.1 Å². The van der Waals surface area contributed by atoms with Crippen molar-refractivity contribution in [2.45, 2.75) is 45.6 Å². The second-order valence-electron chi connectivity index (χ2n) is 6.76. The van der Waals surface area contributed by atoms with Crippen molar-refractivity contribution in [2.24, 2.45) is 0 Å². The van der Waals surface area contributed by atoms with Crippen LogP contribution in [0.1, 0.15) is 39.7 Å². The highest BCUT2D eigenvalue weighted by Gasteiger charge is 2.20. The molecule has 2 aromatic rings. The van der Waals surface area contributed by atoms with Gasteiger partial charge in [0.2, 0.25) is 0 Å². The third-order valence-corrected chi connectivity index (χ3v) is 4.49. The molecule has 3 nitrogen and oxygen atoms in total. The molecule has 0 heterocycles. The van der Waals surface area contributed by atoms with Gasteiger partial charge in [0.1, 0.15) is 5.75 Å². The summed E-state index contributed by atoms with van der Waals surface area (Å²) in [5.41, 5.74) is 2.08. The lowest BCUT2D eigenvalue weighted by Crippen LogP contribution is -2.32. The Morgan fingerprint density at radius 1 is 1.12 bits per heavy atom. The quantitative estimate of drug-likeness (QED) is 0.728. The van der Waals surface area contributed by atoms with Gasteiger partial charge in [-0.1, -0.05) is 52.0 Å². The number of nitrogens with one attached hydrogen (secondary N) is 1. The Kier molecular flexibility index (Phi) is 6.05. The van der Waals surface area contributed by atoms with Crippen LogP contribution >= 0.6 is 15.9 Å². The van der Waals surface area contributed by atoms with E-state index in [0.717, 1.165) is 10.2 Å². The standard InChI is InChI=1S/C20H24BrNO2/c1-5-18(19(23)22-17-9-7-6-8-16(17)21)24-15-12-10-14(11-13-15)20(2,3)4/h6-13,18H,5H2,1-4H3,(H,22,23)/t18-/m0/s1.